The average Bonchev–Trinajstić information content (AvgIpc) is 3.33. The van der Waals surface area contributed by atoms with Gasteiger partial charge in [-0.3, -0.25) is 9.59 Å². The minimum atomic E-state index is -0.357. The molecule has 1 aromatic heterocycles. The molecule has 132 valence electrons. The van der Waals surface area contributed by atoms with E-state index in [9.17, 15) is 9.59 Å². The number of oxazole rings is 1. The van der Waals surface area contributed by atoms with Crippen LogP contribution in [-0.2, 0) is 4.74 Å². The molecule has 1 aromatic carbocycles. The lowest BCUT2D eigenvalue weighted by Gasteiger charge is -2.17. The van der Waals surface area contributed by atoms with Crippen molar-refractivity contribution < 1.29 is 18.7 Å². The van der Waals surface area contributed by atoms with Crippen LogP contribution in [0.4, 0.5) is 0 Å². The fourth-order valence-electron chi connectivity index (χ4n) is 2.91. The predicted octanol–water partition coefficient (Wildman–Crippen LogP) is 1.95. The van der Waals surface area contributed by atoms with Crippen LogP contribution in [0.2, 0.25) is 0 Å². The normalized spacial score (nSPS) is 13.9. The molecule has 2 amide bonds. The molecule has 0 radical (unpaired) electrons. The second-order valence-corrected chi connectivity index (χ2v) is 5.82. The Bertz CT molecular complexity index is 750. The van der Waals surface area contributed by atoms with Crippen LogP contribution in [0.5, 0.6) is 0 Å². The van der Waals surface area contributed by atoms with Crippen molar-refractivity contribution in [3.63, 3.8) is 0 Å². The Morgan fingerprint density at radius 3 is 2.80 bits per heavy atom. The van der Waals surface area contributed by atoms with E-state index >= 15 is 0 Å². The van der Waals surface area contributed by atoms with Gasteiger partial charge in [0.2, 0.25) is 0 Å². The maximum absolute atomic E-state index is 12.8. The summed E-state index contributed by atoms with van der Waals surface area (Å²) in [6, 6.07) is 7.15. The van der Waals surface area contributed by atoms with Gasteiger partial charge in [0, 0.05) is 32.3 Å². The number of amides is 2. The number of nitrogens with zero attached hydrogens (tertiary/aromatic N) is 2. The summed E-state index contributed by atoms with van der Waals surface area (Å²) >= 11 is 0. The number of likely N-dealkylation sites (tertiary alicyclic amines) is 1. The number of benzene rings is 1. The Kier molecular flexibility index (Phi) is 5.45. The van der Waals surface area contributed by atoms with Gasteiger partial charge in [-0.1, -0.05) is 18.2 Å². The predicted molar refractivity (Wildman–Crippen MR) is 91.3 cm³/mol. The number of methoxy groups -OCH3 is 1. The minimum Gasteiger partial charge on any atom is -0.443 e. The first-order valence-electron chi connectivity index (χ1n) is 8.31. The maximum Gasteiger partial charge on any atom is 0.274 e. The zero-order valence-electron chi connectivity index (χ0n) is 14.2. The average molecular weight is 343 g/mol. The van der Waals surface area contributed by atoms with E-state index < -0.39 is 0 Å². The quantitative estimate of drug-likeness (QED) is 0.811. The van der Waals surface area contributed by atoms with Gasteiger partial charge in [-0.2, -0.15) is 0 Å². The Hall–Kier alpha value is -2.67. The molecule has 0 unspecified atom stereocenters. The van der Waals surface area contributed by atoms with Gasteiger partial charge in [0.15, 0.2) is 17.8 Å². The van der Waals surface area contributed by atoms with Crippen LogP contribution in [0.1, 0.15) is 33.7 Å². The summed E-state index contributed by atoms with van der Waals surface area (Å²) in [6.45, 7) is 2.29. The van der Waals surface area contributed by atoms with Crippen molar-refractivity contribution in [2.24, 2.45) is 0 Å². The number of ether oxygens (including phenoxy) is 1. The van der Waals surface area contributed by atoms with Crippen molar-refractivity contribution >= 4 is 11.8 Å². The lowest BCUT2D eigenvalue weighted by molar-refractivity contribution is 0.0792. The van der Waals surface area contributed by atoms with Crippen molar-refractivity contribution in [2.45, 2.75) is 12.8 Å². The number of carbonyl (C=O) groups is 2. The number of aromatic nitrogens is 1. The highest BCUT2D eigenvalue weighted by atomic mass is 16.5. The van der Waals surface area contributed by atoms with Crippen molar-refractivity contribution in [1.82, 2.24) is 15.2 Å². The Labute approximate surface area is 146 Å². The summed E-state index contributed by atoms with van der Waals surface area (Å²) in [5.74, 6) is -0.0995. The van der Waals surface area contributed by atoms with E-state index in [4.69, 9.17) is 9.15 Å². The van der Waals surface area contributed by atoms with Crippen molar-refractivity contribution in [2.75, 3.05) is 33.4 Å². The van der Waals surface area contributed by atoms with Crippen LogP contribution < -0.4 is 5.32 Å². The number of hydrogen-bond acceptors (Lipinski definition) is 5. The molecule has 0 saturated carbocycles. The Morgan fingerprint density at radius 1 is 1.28 bits per heavy atom. The third-order valence-electron chi connectivity index (χ3n) is 4.17. The van der Waals surface area contributed by atoms with E-state index in [1.807, 2.05) is 17.0 Å². The molecular formula is C18H21N3O4. The molecule has 1 saturated heterocycles. The molecule has 1 fully saturated rings. The molecule has 0 atom stereocenters. The maximum atomic E-state index is 12.8. The topological polar surface area (TPSA) is 84.7 Å². The lowest BCUT2D eigenvalue weighted by atomic mass is 10.0. The fourth-order valence-corrected chi connectivity index (χ4v) is 2.91. The highest BCUT2D eigenvalue weighted by Gasteiger charge is 2.26. The fraction of sp³-hybridized carbons (Fsp3) is 0.389. The van der Waals surface area contributed by atoms with Gasteiger partial charge in [0.05, 0.1) is 12.2 Å². The van der Waals surface area contributed by atoms with Crippen LogP contribution in [0, 0.1) is 0 Å². The molecule has 2 heterocycles. The van der Waals surface area contributed by atoms with E-state index in [0.29, 0.717) is 30.0 Å². The highest BCUT2D eigenvalue weighted by molar-refractivity contribution is 6.04. The molecule has 7 heteroatoms. The first-order chi connectivity index (χ1) is 12.2. The van der Waals surface area contributed by atoms with Crippen LogP contribution >= 0.6 is 0 Å². The van der Waals surface area contributed by atoms with E-state index in [2.05, 4.69) is 10.3 Å². The molecular weight excluding hydrogens is 322 g/mol. The molecule has 0 bridgehead atoms. The monoisotopic (exact) mass is 343 g/mol. The summed E-state index contributed by atoms with van der Waals surface area (Å²) in [7, 11) is 1.56. The van der Waals surface area contributed by atoms with Crippen LogP contribution in [-0.4, -0.2) is 55.0 Å². The van der Waals surface area contributed by atoms with Crippen LogP contribution in [0.15, 0.2) is 35.1 Å². The lowest BCUT2D eigenvalue weighted by Crippen LogP contribution is -2.29. The first kappa shape index (κ1) is 17.2. The van der Waals surface area contributed by atoms with Gasteiger partial charge in [0.1, 0.15) is 0 Å². The molecule has 0 spiro atoms. The van der Waals surface area contributed by atoms with Gasteiger partial charge in [-0.05, 0) is 18.9 Å². The van der Waals surface area contributed by atoms with Crippen molar-refractivity contribution in [3.8, 4) is 11.3 Å². The largest absolute Gasteiger partial charge is 0.443 e. The van der Waals surface area contributed by atoms with E-state index in [1.165, 1.54) is 6.39 Å². The summed E-state index contributed by atoms with van der Waals surface area (Å²) in [5.41, 5.74) is 1.26. The number of hydrogen-bond donors (Lipinski definition) is 1. The number of rotatable bonds is 6. The molecule has 1 aliphatic heterocycles. The summed E-state index contributed by atoms with van der Waals surface area (Å²) in [6.07, 6.45) is 3.25. The highest BCUT2D eigenvalue weighted by Crippen LogP contribution is 2.28. The summed E-state index contributed by atoms with van der Waals surface area (Å²) in [4.78, 5) is 31.0. The summed E-state index contributed by atoms with van der Waals surface area (Å²) < 4.78 is 10.4. The Morgan fingerprint density at radius 2 is 2.04 bits per heavy atom. The van der Waals surface area contributed by atoms with Gasteiger partial charge in [0.25, 0.3) is 11.8 Å². The molecule has 1 N–H and O–H groups in total. The standard InChI is InChI=1S/C18H21N3O4/c1-24-11-8-19-17(22)15-16(25-12-20-15)13-6-2-3-7-14(13)18(23)21-9-4-5-10-21/h2-3,6-7,12H,4-5,8-11H2,1H3,(H,19,22). The summed E-state index contributed by atoms with van der Waals surface area (Å²) in [5, 5.41) is 2.72. The van der Waals surface area contributed by atoms with E-state index in [-0.39, 0.29) is 17.5 Å². The number of carbonyl (C=O) groups excluding carboxylic acids is 2. The molecule has 3 rings (SSSR count). The zero-order chi connectivity index (χ0) is 17.6. The molecule has 7 nitrogen and oxygen atoms in total. The van der Waals surface area contributed by atoms with Crippen LogP contribution in [0.25, 0.3) is 11.3 Å². The van der Waals surface area contributed by atoms with E-state index in [0.717, 1.165) is 25.9 Å². The minimum absolute atomic E-state index is 0.0461. The van der Waals surface area contributed by atoms with Crippen molar-refractivity contribution in [1.29, 1.82) is 0 Å². The molecule has 2 aromatic rings. The second-order valence-electron chi connectivity index (χ2n) is 5.82. The molecule has 25 heavy (non-hydrogen) atoms. The third kappa shape index (κ3) is 3.71. The third-order valence-corrected chi connectivity index (χ3v) is 4.17. The smallest absolute Gasteiger partial charge is 0.274 e. The molecule has 0 aliphatic carbocycles. The van der Waals surface area contributed by atoms with Crippen molar-refractivity contribution in [3.05, 3.63) is 41.9 Å². The van der Waals surface area contributed by atoms with Gasteiger partial charge >= 0.3 is 0 Å². The van der Waals surface area contributed by atoms with Crippen LogP contribution in [0.3, 0.4) is 0 Å². The second kappa shape index (κ2) is 7.94. The van der Waals surface area contributed by atoms with Gasteiger partial charge < -0.3 is 19.4 Å². The van der Waals surface area contributed by atoms with Gasteiger partial charge in [-0.15, -0.1) is 0 Å². The number of nitrogens with one attached hydrogen (secondary N) is 1. The first-order valence-corrected chi connectivity index (χ1v) is 8.31. The molecule has 1 aliphatic rings. The zero-order valence-corrected chi connectivity index (χ0v) is 14.2. The van der Waals surface area contributed by atoms with Gasteiger partial charge in [-0.25, -0.2) is 4.98 Å². The SMILES string of the molecule is COCCNC(=O)c1ncoc1-c1ccccc1C(=O)N1CCCC1. The van der Waals surface area contributed by atoms with E-state index in [1.54, 1.807) is 19.2 Å². The Balaban J connectivity index is 1.89.